The van der Waals surface area contributed by atoms with Crippen LogP contribution < -0.4 is 10.6 Å². The standard InChI is InChI=1S/C16H26N2/c1-3-5-13(2)12-18-9-4-6-15-10-14(11-17)7-8-16(15)18/h7-8,10,13H,3-6,9,11-12,17H2,1-2H3. The summed E-state index contributed by atoms with van der Waals surface area (Å²) in [7, 11) is 0. The molecule has 2 heteroatoms. The Hall–Kier alpha value is -1.02. The molecule has 0 aromatic heterocycles. The average Bonchev–Trinajstić information content (AvgIpc) is 2.38. The Bertz CT molecular complexity index is 387. The third kappa shape index (κ3) is 3.05. The van der Waals surface area contributed by atoms with Gasteiger partial charge in [0, 0.05) is 25.3 Å². The van der Waals surface area contributed by atoms with Crippen molar-refractivity contribution < 1.29 is 0 Å². The summed E-state index contributed by atoms with van der Waals surface area (Å²) in [5.41, 5.74) is 9.92. The quantitative estimate of drug-likeness (QED) is 0.863. The van der Waals surface area contributed by atoms with Crippen molar-refractivity contribution in [3.63, 3.8) is 0 Å². The van der Waals surface area contributed by atoms with E-state index in [1.54, 1.807) is 0 Å². The van der Waals surface area contributed by atoms with Gasteiger partial charge in [-0.05, 0) is 42.4 Å². The summed E-state index contributed by atoms with van der Waals surface area (Å²) in [6.45, 7) is 7.70. The molecule has 0 aliphatic carbocycles. The van der Waals surface area contributed by atoms with Crippen molar-refractivity contribution in [2.45, 2.75) is 46.1 Å². The molecule has 1 unspecified atom stereocenters. The zero-order chi connectivity index (χ0) is 13.0. The molecule has 18 heavy (non-hydrogen) atoms. The number of nitrogens with two attached hydrogens (primary N) is 1. The zero-order valence-corrected chi connectivity index (χ0v) is 11.8. The third-order valence-corrected chi connectivity index (χ3v) is 3.91. The highest BCUT2D eigenvalue weighted by atomic mass is 15.1. The lowest BCUT2D eigenvalue weighted by Gasteiger charge is -2.33. The molecule has 1 atom stereocenters. The fourth-order valence-electron chi connectivity index (χ4n) is 3.01. The molecule has 2 rings (SSSR count). The number of hydrogen-bond acceptors (Lipinski definition) is 2. The minimum atomic E-state index is 0.652. The molecule has 0 saturated heterocycles. The van der Waals surface area contributed by atoms with Gasteiger partial charge in [0.05, 0.1) is 0 Å². The number of rotatable bonds is 5. The molecular weight excluding hydrogens is 220 g/mol. The van der Waals surface area contributed by atoms with E-state index in [0.29, 0.717) is 6.54 Å². The van der Waals surface area contributed by atoms with Crippen LogP contribution in [-0.4, -0.2) is 13.1 Å². The van der Waals surface area contributed by atoms with E-state index in [9.17, 15) is 0 Å². The Labute approximate surface area is 111 Å². The fraction of sp³-hybridized carbons (Fsp3) is 0.625. The van der Waals surface area contributed by atoms with E-state index < -0.39 is 0 Å². The molecule has 0 spiro atoms. The molecule has 0 bridgehead atoms. The highest BCUT2D eigenvalue weighted by Gasteiger charge is 2.18. The van der Waals surface area contributed by atoms with Crippen LogP contribution >= 0.6 is 0 Å². The van der Waals surface area contributed by atoms with E-state index in [1.165, 1.54) is 55.6 Å². The van der Waals surface area contributed by atoms with Crippen LogP contribution in [0.3, 0.4) is 0 Å². The van der Waals surface area contributed by atoms with Gasteiger partial charge in [0.25, 0.3) is 0 Å². The molecule has 1 aliphatic heterocycles. The highest BCUT2D eigenvalue weighted by Crippen LogP contribution is 2.29. The second kappa shape index (κ2) is 6.24. The van der Waals surface area contributed by atoms with Crippen molar-refractivity contribution in [2.75, 3.05) is 18.0 Å². The van der Waals surface area contributed by atoms with E-state index in [-0.39, 0.29) is 0 Å². The highest BCUT2D eigenvalue weighted by molar-refractivity contribution is 5.56. The topological polar surface area (TPSA) is 29.3 Å². The van der Waals surface area contributed by atoms with Crippen LogP contribution in [0.25, 0.3) is 0 Å². The minimum absolute atomic E-state index is 0.652. The summed E-state index contributed by atoms with van der Waals surface area (Å²) in [4.78, 5) is 2.57. The number of fused-ring (bicyclic) bond motifs is 1. The SMILES string of the molecule is CCCC(C)CN1CCCc2cc(CN)ccc21. The Morgan fingerprint density at radius 2 is 2.22 bits per heavy atom. The molecule has 1 aliphatic rings. The molecule has 2 nitrogen and oxygen atoms in total. The maximum atomic E-state index is 5.72. The molecule has 100 valence electrons. The maximum Gasteiger partial charge on any atom is 0.0399 e. The summed E-state index contributed by atoms with van der Waals surface area (Å²) >= 11 is 0. The average molecular weight is 246 g/mol. The molecule has 1 aromatic carbocycles. The second-order valence-electron chi connectivity index (χ2n) is 5.61. The number of anilines is 1. The first-order valence-electron chi connectivity index (χ1n) is 7.31. The molecule has 1 heterocycles. The molecular formula is C16H26N2. The first kappa shape index (κ1) is 13.4. The summed E-state index contributed by atoms with van der Waals surface area (Å²) in [5, 5.41) is 0. The molecule has 0 saturated carbocycles. The molecule has 0 amide bonds. The molecule has 2 N–H and O–H groups in total. The van der Waals surface area contributed by atoms with Gasteiger partial charge in [-0.15, -0.1) is 0 Å². The lowest BCUT2D eigenvalue weighted by Crippen LogP contribution is -2.33. The van der Waals surface area contributed by atoms with Gasteiger partial charge in [0.15, 0.2) is 0 Å². The summed E-state index contributed by atoms with van der Waals surface area (Å²) in [6, 6.07) is 6.75. The minimum Gasteiger partial charge on any atom is -0.371 e. The van der Waals surface area contributed by atoms with Crippen molar-refractivity contribution in [2.24, 2.45) is 11.7 Å². The van der Waals surface area contributed by atoms with Gasteiger partial charge in [-0.1, -0.05) is 32.4 Å². The van der Waals surface area contributed by atoms with E-state index >= 15 is 0 Å². The molecule has 0 radical (unpaired) electrons. The normalized spacial score (nSPS) is 16.5. The number of nitrogens with zero attached hydrogens (tertiary/aromatic N) is 1. The lowest BCUT2D eigenvalue weighted by molar-refractivity contribution is 0.502. The predicted octanol–water partition coefficient (Wildman–Crippen LogP) is 3.33. The van der Waals surface area contributed by atoms with Crippen molar-refractivity contribution in [3.05, 3.63) is 29.3 Å². The van der Waals surface area contributed by atoms with E-state index in [2.05, 4.69) is 36.9 Å². The molecule has 1 aromatic rings. The van der Waals surface area contributed by atoms with Crippen LogP contribution in [0.2, 0.25) is 0 Å². The van der Waals surface area contributed by atoms with Gasteiger partial charge in [0.1, 0.15) is 0 Å². The van der Waals surface area contributed by atoms with Gasteiger partial charge < -0.3 is 10.6 Å². The van der Waals surface area contributed by atoms with Crippen LogP contribution in [0.4, 0.5) is 5.69 Å². The Balaban J connectivity index is 2.12. The van der Waals surface area contributed by atoms with Gasteiger partial charge in [-0.2, -0.15) is 0 Å². The number of benzene rings is 1. The van der Waals surface area contributed by atoms with Crippen molar-refractivity contribution in [1.29, 1.82) is 0 Å². The first-order valence-corrected chi connectivity index (χ1v) is 7.31. The number of aryl methyl sites for hydroxylation is 1. The van der Waals surface area contributed by atoms with Crippen molar-refractivity contribution >= 4 is 5.69 Å². The van der Waals surface area contributed by atoms with Crippen LogP contribution in [0.5, 0.6) is 0 Å². The van der Waals surface area contributed by atoms with Crippen LogP contribution in [0.1, 0.15) is 44.2 Å². The first-order chi connectivity index (χ1) is 8.74. The predicted molar refractivity (Wildman–Crippen MR) is 78.9 cm³/mol. The van der Waals surface area contributed by atoms with E-state index in [4.69, 9.17) is 5.73 Å². The van der Waals surface area contributed by atoms with Crippen LogP contribution in [0, 0.1) is 5.92 Å². The number of hydrogen-bond donors (Lipinski definition) is 1. The van der Waals surface area contributed by atoms with Crippen molar-refractivity contribution in [3.8, 4) is 0 Å². The second-order valence-corrected chi connectivity index (χ2v) is 5.61. The Kier molecular flexibility index (Phi) is 4.65. The van der Waals surface area contributed by atoms with Crippen LogP contribution in [0.15, 0.2) is 18.2 Å². The van der Waals surface area contributed by atoms with Crippen molar-refractivity contribution in [1.82, 2.24) is 0 Å². The van der Waals surface area contributed by atoms with Gasteiger partial charge in [-0.25, -0.2) is 0 Å². The lowest BCUT2D eigenvalue weighted by atomic mass is 9.97. The maximum absolute atomic E-state index is 5.72. The molecule has 0 fully saturated rings. The summed E-state index contributed by atoms with van der Waals surface area (Å²) in [6.07, 6.45) is 5.10. The van der Waals surface area contributed by atoms with E-state index in [1.807, 2.05) is 0 Å². The van der Waals surface area contributed by atoms with Gasteiger partial charge in [-0.3, -0.25) is 0 Å². The van der Waals surface area contributed by atoms with Gasteiger partial charge in [0.2, 0.25) is 0 Å². The summed E-state index contributed by atoms with van der Waals surface area (Å²) < 4.78 is 0. The fourth-order valence-corrected chi connectivity index (χ4v) is 3.01. The monoisotopic (exact) mass is 246 g/mol. The van der Waals surface area contributed by atoms with Gasteiger partial charge >= 0.3 is 0 Å². The Morgan fingerprint density at radius 3 is 2.94 bits per heavy atom. The smallest absolute Gasteiger partial charge is 0.0399 e. The van der Waals surface area contributed by atoms with E-state index in [0.717, 1.165) is 5.92 Å². The zero-order valence-electron chi connectivity index (χ0n) is 11.8. The Morgan fingerprint density at radius 1 is 1.39 bits per heavy atom. The van der Waals surface area contributed by atoms with Crippen LogP contribution in [-0.2, 0) is 13.0 Å². The summed E-state index contributed by atoms with van der Waals surface area (Å²) in [5.74, 6) is 0.787. The third-order valence-electron chi connectivity index (χ3n) is 3.91. The largest absolute Gasteiger partial charge is 0.371 e.